The second-order valence-corrected chi connectivity index (χ2v) is 6.04. The first-order valence-corrected chi connectivity index (χ1v) is 7.75. The number of hydrogen-bond donors (Lipinski definition) is 0. The molecule has 0 unspecified atom stereocenters. The van der Waals surface area contributed by atoms with Crippen molar-refractivity contribution in [3.05, 3.63) is 52.4 Å². The van der Waals surface area contributed by atoms with Crippen molar-refractivity contribution in [3.63, 3.8) is 0 Å². The fourth-order valence-electron chi connectivity index (χ4n) is 2.57. The molecule has 0 radical (unpaired) electrons. The van der Waals surface area contributed by atoms with E-state index in [1.54, 1.807) is 17.6 Å². The van der Waals surface area contributed by atoms with Gasteiger partial charge in [-0.3, -0.25) is 9.88 Å². The second kappa shape index (κ2) is 5.38. The second-order valence-electron chi connectivity index (χ2n) is 5.07. The topological polar surface area (TPSA) is 55.1 Å². The smallest absolute Gasteiger partial charge is 0.195 e. The molecule has 0 N–H and O–H groups in total. The summed E-state index contributed by atoms with van der Waals surface area (Å²) >= 11 is 1.70. The SMILES string of the molecule is c1coc(-c2ncc3c(n2)CCN(Cc2cncs2)C3)c1. The molecule has 0 aliphatic carbocycles. The summed E-state index contributed by atoms with van der Waals surface area (Å²) in [7, 11) is 0. The van der Waals surface area contributed by atoms with Crippen LogP contribution in [0.3, 0.4) is 0 Å². The molecule has 0 fully saturated rings. The minimum Gasteiger partial charge on any atom is -0.461 e. The maximum Gasteiger partial charge on any atom is 0.195 e. The summed E-state index contributed by atoms with van der Waals surface area (Å²) < 4.78 is 5.36. The number of furan rings is 1. The molecule has 0 atom stereocenters. The summed E-state index contributed by atoms with van der Waals surface area (Å²) in [6.45, 7) is 2.86. The molecule has 1 aliphatic rings. The number of rotatable bonds is 3. The van der Waals surface area contributed by atoms with E-state index in [1.165, 1.54) is 10.4 Å². The molecular weight excluding hydrogens is 284 g/mol. The monoisotopic (exact) mass is 298 g/mol. The molecule has 0 aromatic carbocycles. The highest BCUT2D eigenvalue weighted by atomic mass is 32.1. The van der Waals surface area contributed by atoms with Gasteiger partial charge in [-0.25, -0.2) is 9.97 Å². The van der Waals surface area contributed by atoms with E-state index in [0.29, 0.717) is 5.82 Å². The van der Waals surface area contributed by atoms with Crippen molar-refractivity contribution in [2.24, 2.45) is 0 Å². The molecule has 4 rings (SSSR count). The molecule has 0 bridgehead atoms. The molecule has 1 aliphatic heterocycles. The van der Waals surface area contributed by atoms with E-state index in [0.717, 1.165) is 37.5 Å². The molecule has 21 heavy (non-hydrogen) atoms. The van der Waals surface area contributed by atoms with Crippen molar-refractivity contribution >= 4 is 11.3 Å². The van der Waals surface area contributed by atoms with Gasteiger partial charge in [-0.1, -0.05) is 0 Å². The first kappa shape index (κ1) is 12.7. The quantitative estimate of drug-likeness (QED) is 0.744. The third-order valence-electron chi connectivity index (χ3n) is 3.62. The minimum absolute atomic E-state index is 0.676. The lowest BCUT2D eigenvalue weighted by molar-refractivity contribution is 0.245. The summed E-state index contributed by atoms with van der Waals surface area (Å²) in [6, 6.07) is 3.75. The van der Waals surface area contributed by atoms with Gasteiger partial charge in [-0.2, -0.15) is 0 Å². The molecular formula is C15H14N4OS. The van der Waals surface area contributed by atoms with Gasteiger partial charge in [-0.05, 0) is 12.1 Å². The van der Waals surface area contributed by atoms with Gasteiger partial charge in [0.15, 0.2) is 11.6 Å². The average Bonchev–Trinajstić information content (AvgIpc) is 3.20. The van der Waals surface area contributed by atoms with Gasteiger partial charge in [0, 0.05) is 48.9 Å². The molecule has 6 heteroatoms. The molecule has 3 aromatic rings. The first-order valence-electron chi connectivity index (χ1n) is 6.87. The van der Waals surface area contributed by atoms with Crippen LogP contribution in [0, 0.1) is 0 Å². The lowest BCUT2D eigenvalue weighted by atomic mass is 10.1. The molecule has 0 amide bonds. The molecule has 4 heterocycles. The minimum atomic E-state index is 0.676. The number of thiazole rings is 1. The Bertz CT molecular complexity index is 724. The third kappa shape index (κ3) is 2.59. The number of hydrogen-bond acceptors (Lipinski definition) is 6. The van der Waals surface area contributed by atoms with Crippen LogP contribution in [0.25, 0.3) is 11.6 Å². The van der Waals surface area contributed by atoms with Crippen LogP contribution < -0.4 is 0 Å². The Labute approximate surface area is 126 Å². The predicted molar refractivity (Wildman–Crippen MR) is 79.7 cm³/mol. The van der Waals surface area contributed by atoms with Gasteiger partial charge < -0.3 is 4.42 Å². The lowest BCUT2D eigenvalue weighted by Crippen LogP contribution is -2.30. The Balaban J connectivity index is 1.54. The van der Waals surface area contributed by atoms with E-state index in [1.807, 2.05) is 30.0 Å². The van der Waals surface area contributed by atoms with E-state index in [4.69, 9.17) is 4.42 Å². The van der Waals surface area contributed by atoms with E-state index < -0.39 is 0 Å². The van der Waals surface area contributed by atoms with Gasteiger partial charge >= 0.3 is 0 Å². The summed E-state index contributed by atoms with van der Waals surface area (Å²) in [6.07, 6.45) is 6.47. The van der Waals surface area contributed by atoms with Crippen molar-refractivity contribution in [1.82, 2.24) is 19.9 Å². The highest BCUT2D eigenvalue weighted by molar-refractivity contribution is 7.09. The Morgan fingerprint density at radius 2 is 2.33 bits per heavy atom. The standard InChI is InChI=1S/C15H14N4OS/c1-2-14(20-5-1)15-17-6-11-8-19(4-3-13(11)18-15)9-12-7-16-10-21-12/h1-2,5-7,10H,3-4,8-9H2. The number of nitrogens with zero attached hydrogens (tertiary/aromatic N) is 4. The highest BCUT2D eigenvalue weighted by Gasteiger charge is 2.19. The van der Waals surface area contributed by atoms with E-state index >= 15 is 0 Å². The summed E-state index contributed by atoms with van der Waals surface area (Å²) in [5.74, 6) is 1.40. The zero-order chi connectivity index (χ0) is 14.1. The van der Waals surface area contributed by atoms with Crippen LogP contribution >= 0.6 is 11.3 Å². The maximum atomic E-state index is 5.36. The Kier molecular flexibility index (Phi) is 3.25. The Morgan fingerprint density at radius 1 is 1.33 bits per heavy atom. The van der Waals surface area contributed by atoms with Gasteiger partial charge in [0.2, 0.25) is 0 Å². The van der Waals surface area contributed by atoms with Crippen molar-refractivity contribution in [3.8, 4) is 11.6 Å². The zero-order valence-corrected chi connectivity index (χ0v) is 12.2. The van der Waals surface area contributed by atoms with Crippen LogP contribution in [0.2, 0.25) is 0 Å². The number of aromatic nitrogens is 3. The van der Waals surface area contributed by atoms with Gasteiger partial charge in [0.1, 0.15) is 0 Å². The third-order valence-corrected chi connectivity index (χ3v) is 4.38. The van der Waals surface area contributed by atoms with Crippen molar-refractivity contribution < 1.29 is 4.42 Å². The van der Waals surface area contributed by atoms with Crippen LogP contribution in [-0.2, 0) is 19.5 Å². The first-order chi connectivity index (χ1) is 10.4. The van der Waals surface area contributed by atoms with Gasteiger partial charge in [0.05, 0.1) is 17.5 Å². The molecule has 0 spiro atoms. The molecule has 0 saturated carbocycles. The summed E-state index contributed by atoms with van der Waals surface area (Å²) in [5, 5.41) is 0. The molecule has 5 nitrogen and oxygen atoms in total. The molecule has 0 saturated heterocycles. The largest absolute Gasteiger partial charge is 0.461 e. The van der Waals surface area contributed by atoms with E-state index in [-0.39, 0.29) is 0 Å². The van der Waals surface area contributed by atoms with Crippen molar-refractivity contribution in [1.29, 1.82) is 0 Å². The van der Waals surface area contributed by atoms with E-state index in [2.05, 4.69) is 19.9 Å². The van der Waals surface area contributed by atoms with Crippen molar-refractivity contribution in [2.75, 3.05) is 6.54 Å². The van der Waals surface area contributed by atoms with Gasteiger partial charge in [-0.15, -0.1) is 11.3 Å². The summed E-state index contributed by atoms with van der Waals surface area (Å²) in [5.41, 5.74) is 4.23. The zero-order valence-electron chi connectivity index (χ0n) is 11.4. The number of fused-ring (bicyclic) bond motifs is 1. The molecule has 106 valence electrons. The van der Waals surface area contributed by atoms with E-state index in [9.17, 15) is 0 Å². The average molecular weight is 298 g/mol. The fraction of sp³-hybridized carbons (Fsp3) is 0.267. The van der Waals surface area contributed by atoms with Crippen LogP contribution in [-0.4, -0.2) is 26.4 Å². The Morgan fingerprint density at radius 3 is 3.14 bits per heavy atom. The normalized spacial score (nSPS) is 15.0. The van der Waals surface area contributed by atoms with Crippen LogP contribution in [0.15, 0.2) is 40.7 Å². The highest BCUT2D eigenvalue weighted by Crippen LogP contribution is 2.22. The van der Waals surface area contributed by atoms with Crippen LogP contribution in [0.5, 0.6) is 0 Å². The van der Waals surface area contributed by atoms with Crippen molar-refractivity contribution in [2.45, 2.75) is 19.5 Å². The fourth-order valence-corrected chi connectivity index (χ4v) is 3.21. The Hall–Kier alpha value is -2.05. The molecule has 3 aromatic heterocycles. The predicted octanol–water partition coefficient (Wildman–Crippen LogP) is 2.75. The lowest BCUT2D eigenvalue weighted by Gasteiger charge is -2.27. The van der Waals surface area contributed by atoms with Crippen LogP contribution in [0.4, 0.5) is 0 Å². The maximum absolute atomic E-state index is 5.36. The van der Waals surface area contributed by atoms with Gasteiger partial charge in [0.25, 0.3) is 0 Å². The summed E-state index contributed by atoms with van der Waals surface area (Å²) in [4.78, 5) is 16.9. The van der Waals surface area contributed by atoms with Crippen LogP contribution in [0.1, 0.15) is 16.1 Å².